The smallest absolute Gasteiger partial charge is 0.226 e. The quantitative estimate of drug-likeness (QED) is 0.647. The molecule has 1 heterocycles. The summed E-state index contributed by atoms with van der Waals surface area (Å²) in [6.45, 7) is 1.96. The third kappa shape index (κ3) is 4.76. The Balaban J connectivity index is 1.49. The Kier molecular flexibility index (Phi) is 5.60. The normalized spacial score (nSPS) is 10.6. The minimum atomic E-state index is -0.0202. The molecule has 0 saturated carbocycles. The number of amides is 1. The molecule has 25 heavy (non-hydrogen) atoms. The molecule has 6 heteroatoms. The first-order valence-electron chi connectivity index (χ1n) is 8.06. The van der Waals surface area contributed by atoms with E-state index in [2.05, 4.69) is 31.4 Å². The van der Waals surface area contributed by atoms with E-state index in [1.54, 1.807) is 0 Å². The topological polar surface area (TPSA) is 68.0 Å². The van der Waals surface area contributed by atoms with Crippen molar-refractivity contribution >= 4 is 27.5 Å². The van der Waals surface area contributed by atoms with E-state index < -0.39 is 0 Å². The molecule has 0 aliphatic rings. The second kappa shape index (κ2) is 8.07. The van der Waals surface area contributed by atoms with Crippen molar-refractivity contribution in [3.63, 3.8) is 0 Å². The lowest BCUT2D eigenvalue weighted by Crippen LogP contribution is -2.12. The molecule has 5 nitrogen and oxygen atoms in total. The zero-order valence-electron chi connectivity index (χ0n) is 13.8. The molecule has 0 unspecified atom stereocenters. The summed E-state index contributed by atoms with van der Waals surface area (Å²) < 4.78 is 6.25. The second-order valence-corrected chi connectivity index (χ2v) is 6.65. The van der Waals surface area contributed by atoms with E-state index in [1.165, 1.54) is 0 Å². The number of nitrogens with zero attached hydrogens (tertiary/aromatic N) is 2. The van der Waals surface area contributed by atoms with E-state index in [0.29, 0.717) is 31.0 Å². The molecule has 128 valence electrons. The fourth-order valence-corrected chi connectivity index (χ4v) is 2.92. The fourth-order valence-electron chi connectivity index (χ4n) is 2.44. The number of hydrogen-bond donors (Lipinski definition) is 1. The van der Waals surface area contributed by atoms with Crippen molar-refractivity contribution in [2.75, 3.05) is 5.32 Å². The molecule has 3 aromatic rings. The Morgan fingerprint density at radius 2 is 2.00 bits per heavy atom. The number of anilines is 1. The van der Waals surface area contributed by atoms with Gasteiger partial charge in [0.25, 0.3) is 0 Å². The molecule has 0 fully saturated rings. The molecule has 1 aromatic heterocycles. The molecule has 0 atom stereocenters. The van der Waals surface area contributed by atoms with Crippen molar-refractivity contribution in [1.29, 1.82) is 0 Å². The Morgan fingerprint density at radius 3 is 2.76 bits per heavy atom. The summed E-state index contributed by atoms with van der Waals surface area (Å²) in [5, 5.41) is 6.91. The minimum Gasteiger partial charge on any atom is -0.339 e. The molecule has 0 aliphatic carbocycles. The fraction of sp³-hybridized carbons (Fsp3) is 0.211. The molecule has 0 saturated heterocycles. The maximum atomic E-state index is 12.1. The zero-order chi connectivity index (χ0) is 17.6. The Morgan fingerprint density at radius 1 is 1.20 bits per heavy atom. The summed E-state index contributed by atoms with van der Waals surface area (Å²) >= 11 is 3.41. The van der Waals surface area contributed by atoms with Crippen LogP contribution in [0.2, 0.25) is 0 Å². The third-order valence-corrected chi connectivity index (χ3v) is 4.25. The van der Waals surface area contributed by atoms with Crippen molar-refractivity contribution in [3.05, 3.63) is 64.5 Å². The average Bonchev–Trinajstić information content (AvgIpc) is 3.07. The minimum absolute atomic E-state index is 0.0202. The van der Waals surface area contributed by atoms with Crippen LogP contribution in [0.15, 0.2) is 57.5 Å². The van der Waals surface area contributed by atoms with Gasteiger partial charge in [0.15, 0.2) is 0 Å². The van der Waals surface area contributed by atoms with Crippen molar-refractivity contribution in [2.45, 2.75) is 26.2 Å². The Labute approximate surface area is 154 Å². The molecule has 1 N–H and O–H groups in total. The number of carbonyl (C=O) groups is 1. The summed E-state index contributed by atoms with van der Waals surface area (Å²) in [6, 6.07) is 15.4. The number of rotatable bonds is 6. The summed E-state index contributed by atoms with van der Waals surface area (Å²) in [6.07, 6.45) is 1.63. The van der Waals surface area contributed by atoms with E-state index >= 15 is 0 Å². The molecule has 2 aromatic carbocycles. The van der Waals surface area contributed by atoms with Gasteiger partial charge in [0.05, 0.1) is 0 Å². The van der Waals surface area contributed by atoms with Gasteiger partial charge in [0, 0.05) is 28.6 Å². The highest BCUT2D eigenvalue weighted by Gasteiger charge is 2.10. The Bertz CT molecular complexity index is 862. The van der Waals surface area contributed by atoms with Gasteiger partial charge in [-0.25, -0.2) is 0 Å². The largest absolute Gasteiger partial charge is 0.339 e. The molecule has 0 spiro atoms. The first-order chi connectivity index (χ1) is 12.1. The number of halogens is 1. The van der Waals surface area contributed by atoms with Crippen molar-refractivity contribution in [1.82, 2.24) is 10.1 Å². The van der Waals surface area contributed by atoms with Gasteiger partial charge in [0.2, 0.25) is 17.6 Å². The lowest BCUT2D eigenvalue weighted by molar-refractivity contribution is -0.116. The molecule has 0 radical (unpaired) electrons. The average molecular weight is 400 g/mol. The molecule has 1 amide bonds. The van der Waals surface area contributed by atoms with Crippen LogP contribution in [0.3, 0.4) is 0 Å². The van der Waals surface area contributed by atoms with E-state index in [0.717, 1.165) is 21.3 Å². The van der Waals surface area contributed by atoms with Gasteiger partial charge in [-0.2, -0.15) is 4.98 Å². The zero-order valence-corrected chi connectivity index (χ0v) is 15.4. The predicted molar refractivity (Wildman–Crippen MR) is 100 cm³/mol. The van der Waals surface area contributed by atoms with Crippen molar-refractivity contribution < 1.29 is 9.32 Å². The standard InChI is InChI=1S/C19H18BrN3O2/c1-13-12-15(20)10-11-16(13)21-17(24)8-5-9-18-22-19(23-25-18)14-6-3-2-4-7-14/h2-4,6-7,10-12H,5,8-9H2,1H3,(H,21,24). The van der Waals surface area contributed by atoms with Crippen molar-refractivity contribution in [2.24, 2.45) is 0 Å². The van der Waals surface area contributed by atoms with E-state index in [9.17, 15) is 4.79 Å². The first-order valence-corrected chi connectivity index (χ1v) is 8.85. The predicted octanol–water partition coefficient (Wildman–Crippen LogP) is 4.77. The lowest BCUT2D eigenvalue weighted by Gasteiger charge is -2.08. The van der Waals surface area contributed by atoms with E-state index in [-0.39, 0.29) is 5.91 Å². The van der Waals surface area contributed by atoms with Crippen molar-refractivity contribution in [3.8, 4) is 11.4 Å². The van der Waals surface area contributed by atoms with Gasteiger partial charge in [-0.05, 0) is 37.1 Å². The van der Waals surface area contributed by atoms with Crippen LogP contribution in [0.4, 0.5) is 5.69 Å². The van der Waals surface area contributed by atoms with Crippen LogP contribution in [0.5, 0.6) is 0 Å². The summed E-state index contributed by atoms with van der Waals surface area (Å²) in [7, 11) is 0. The number of aromatic nitrogens is 2. The van der Waals surface area contributed by atoms with Crippen LogP contribution in [-0.2, 0) is 11.2 Å². The van der Waals surface area contributed by atoms with Crippen LogP contribution < -0.4 is 5.32 Å². The van der Waals surface area contributed by atoms with Gasteiger partial charge in [0.1, 0.15) is 0 Å². The maximum Gasteiger partial charge on any atom is 0.226 e. The molecular formula is C19H18BrN3O2. The summed E-state index contributed by atoms with van der Waals surface area (Å²) in [5.74, 6) is 1.10. The number of carbonyl (C=O) groups excluding carboxylic acids is 1. The molecule has 0 bridgehead atoms. The Hall–Kier alpha value is -2.47. The highest BCUT2D eigenvalue weighted by atomic mass is 79.9. The second-order valence-electron chi connectivity index (χ2n) is 5.74. The third-order valence-electron chi connectivity index (χ3n) is 3.76. The van der Waals surface area contributed by atoms with E-state index in [1.807, 2.05) is 55.5 Å². The lowest BCUT2D eigenvalue weighted by atomic mass is 10.2. The monoisotopic (exact) mass is 399 g/mol. The highest BCUT2D eigenvalue weighted by molar-refractivity contribution is 9.10. The van der Waals surface area contributed by atoms with Crippen LogP contribution in [0.25, 0.3) is 11.4 Å². The van der Waals surface area contributed by atoms with Gasteiger partial charge in [-0.3, -0.25) is 4.79 Å². The SMILES string of the molecule is Cc1cc(Br)ccc1NC(=O)CCCc1nc(-c2ccccc2)no1. The molecule has 0 aliphatic heterocycles. The van der Waals surface area contributed by atoms with Gasteiger partial charge >= 0.3 is 0 Å². The van der Waals surface area contributed by atoms with Crippen LogP contribution in [0.1, 0.15) is 24.3 Å². The molecular weight excluding hydrogens is 382 g/mol. The van der Waals surface area contributed by atoms with Gasteiger partial charge < -0.3 is 9.84 Å². The number of benzene rings is 2. The van der Waals surface area contributed by atoms with Crippen LogP contribution >= 0.6 is 15.9 Å². The first kappa shape index (κ1) is 17.4. The highest BCUT2D eigenvalue weighted by Crippen LogP contribution is 2.20. The van der Waals surface area contributed by atoms with Gasteiger partial charge in [-0.1, -0.05) is 51.4 Å². The van der Waals surface area contributed by atoms with Crippen LogP contribution in [-0.4, -0.2) is 16.0 Å². The number of hydrogen-bond acceptors (Lipinski definition) is 4. The van der Waals surface area contributed by atoms with E-state index in [4.69, 9.17) is 4.52 Å². The summed E-state index contributed by atoms with van der Waals surface area (Å²) in [5.41, 5.74) is 2.77. The summed E-state index contributed by atoms with van der Waals surface area (Å²) in [4.78, 5) is 16.4. The number of nitrogens with one attached hydrogen (secondary N) is 1. The maximum absolute atomic E-state index is 12.1. The van der Waals surface area contributed by atoms with Crippen LogP contribution in [0, 0.1) is 6.92 Å². The van der Waals surface area contributed by atoms with Gasteiger partial charge in [-0.15, -0.1) is 0 Å². The molecule has 3 rings (SSSR count). The number of aryl methyl sites for hydroxylation is 2.